The van der Waals surface area contributed by atoms with Crippen molar-refractivity contribution in [1.82, 2.24) is 5.32 Å². The van der Waals surface area contributed by atoms with E-state index in [1.54, 1.807) is 0 Å². The molecule has 2 aromatic carbocycles. The number of hydrogen-bond donors (Lipinski definition) is 2. The Balaban J connectivity index is 1.61. The molecule has 2 aromatic rings. The molecule has 0 saturated heterocycles. The van der Waals surface area contributed by atoms with Crippen LogP contribution >= 0.6 is 23.8 Å². The van der Waals surface area contributed by atoms with Crippen molar-refractivity contribution >= 4 is 40.3 Å². The average molecular weight is 439 g/mol. The molecule has 0 spiro atoms. The van der Waals surface area contributed by atoms with Gasteiger partial charge in [-0.25, -0.2) is 0 Å². The lowest BCUT2D eigenvalue weighted by molar-refractivity contribution is -0.117. The Morgan fingerprint density at radius 1 is 1.10 bits per heavy atom. The van der Waals surface area contributed by atoms with Crippen LogP contribution in [0.3, 0.4) is 0 Å². The molecule has 0 bridgehead atoms. The molecule has 2 aliphatic carbocycles. The Kier molecular flexibility index (Phi) is 5.73. The van der Waals surface area contributed by atoms with E-state index in [0.717, 1.165) is 36.2 Å². The van der Waals surface area contributed by atoms with Crippen LogP contribution in [0.4, 0.5) is 5.69 Å². The quantitative estimate of drug-likeness (QED) is 0.593. The maximum Gasteiger partial charge on any atom is 0.168 e. The molecule has 3 nitrogen and oxygen atoms in total. The molecular formula is C25H27ClN2OS. The number of thiocarbonyl (C=S) groups is 1. The molecule has 0 unspecified atom stereocenters. The zero-order chi connectivity index (χ0) is 21.5. The minimum absolute atomic E-state index is 0.0880. The highest BCUT2D eigenvalue weighted by Crippen LogP contribution is 2.37. The average Bonchev–Trinajstić information content (AvgIpc) is 3.05. The van der Waals surface area contributed by atoms with E-state index in [9.17, 15) is 4.79 Å². The molecule has 0 atom stereocenters. The van der Waals surface area contributed by atoms with Gasteiger partial charge >= 0.3 is 0 Å². The standard InChI is InChI=1S/C25H27ClN2OS/c1-15-8-9-20(19(26)10-15)28-24(30)23-21(13-25(2,3)14-22(23)29)27-18-11-16-6-4-5-7-17(16)12-18/h4-10,18,27H,11-14H2,1-3H3,(H,28,30). The number of anilines is 1. The topological polar surface area (TPSA) is 41.1 Å². The van der Waals surface area contributed by atoms with Crippen molar-refractivity contribution in [3.05, 3.63) is 75.4 Å². The highest BCUT2D eigenvalue weighted by molar-refractivity contribution is 7.81. The lowest BCUT2D eigenvalue weighted by Crippen LogP contribution is -2.39. The third kappa shape index (κ3) is 4.45. The molecule has 0 saturated carbocycles. The number of benzene rings is 2. The number of aryl methyl sites for hydroxylation is 1. The van der Waals surface area contributed by atoms with Gasteiger partial charge in [0, 0.05) is 18.2 Å². The Morgan fingerprint density at radius 2 is 1.77 bits per heavy atom. The van der Waals surface area contributed by atoms with E-state index in [4.69, 9.17) is 23.8 Å². The summed E-state index contributed by atoms with van der Waals surface area (Å²) >= 11 is 12.1. The molecule has 0 heterocycles. The van der Waals surface area contributed by atoms with Crippen LogP contribution in [-0.4, -0.2) is 16.8 Å². The molecule has 0 amide bonds. The first-order chi connectivity index (χ1) is 14.2. The van der Waals surface area contributed by atoms with Crippen molar-refractivity contribution in [3.63, 3.8) is 0 Å². The fourth-order valence-corrected chi connectivity index (χ4v) is 5.15. The number of carbonyl (C=O) groups is 1. The Bertz CT molecular complexity index is 1030. The van der Waals surface area contributed by atoms with Crippen LogP contribution in [0.25, 0.3) is 0 Å². The fraction of sp³-hybridized carbons (Fsp3) is 0.360. The zero-order valence-corrected chi connectivity index (χ0v) is 19.2. The maximum atomic E-state index is 13.1. The summed E-state index contributed by atoms with van der Waals surface area (Å²) in [5.41, 5.74) is 6.04. The third-order valence-electron chi connectivity index (χ3n) is 5.90. The summed E-state index contributed by atoms with van der Waals surface area (Å²) < 4.78 is 0. The number of carbonyl (C=O) groups excluding carboxylic acids is 1. The highest BCUT2D eigenvalue weighted by atomic mass is 35.5. The molecule has 0 radical (unpaired) electrons. The number of hydrogen-bond acceptors (Lipinski definition) is 3. The van der Waals surface area contributed by atoms with Gasteiger partial charge in [-0.2, -0.15) is 0 Å². The molecule has 5 heteroatoms. The molecule has 0 aromatic heterocycles. The minimum Gasteiger partial charge on any atom is -0.384 e. The molecule has 2 aliphatic rings. The van der Waals surface area contributed by atoms with Crippen LogP contribution in [0.5, 0.6) is 0 Å². The Labute approximate surface area is 188 Å². The molecule has 4 rings (SSSR count). The van der Waals surface area contributed by atoms with Gasteiger partial charge in [-0.3, -0.25) is 4.79 Å². The molecule has 30 heavy (non-hydrogen) atoms. The summed E-state index contributed by atoms with van der Waals surface area (Å²) in [5, 5.41) is 7.51. The first-order valence-electron chi connectivity index (χ1n) is 10.4. The summed E-state index contributed by atoms with van der Waals surface area (Å²) in [6, 6.07) is 14.6. The van der Waals surface area contributed by atoms with Crippen molar-refractivity contribution in [3.8, 4) is 0 Å². The number of rotatable bonds is 4. The van der Waals surface area contributed by atoms with E-state index in [2.05, 4.69) is 48.7 Å². The van der Waals surface area contributed by atoms with Gasteiger partial charge in [-0.15, -0.1) is 0 Å². The van der Waals surface area contributed by atoms with Gasteiger partial charge in [-0.1, -0.05) is 68.0 Å². The van der Waals surface area contributed by atoms with Gasteiger partial charge in [0.05, 0.1) is 16.3 Å². The second-order valence-corrected chi connectivity index (χ2v) is 10.1. The lowest BCUT2D eigenvalue weighted by atomic mass is 9.75. The van der Waals surface area contributed by atoms with E-state index >= 15 is 0 Å². The third-order valence-corrected chi connectivity index (χ3v) is 6.52. The van der Waals surface area contributed by atoms with E-state index in [-0.39, 0.29) is 17.2 Å². The maximum absolute atomic E-state index is 13.1. The number of allylic oxidation sites excluding steroid dienone is 1. The van der Waals surface area contributed by atoms with Gasteiger partial charge in [0.25, 0.3) is 0 Å². The predicted molar refractivity (Wildman–Crippen MR) is 128 cm³/mol. The fourth-order valence-electron chi connectivity index (χ4n) is 4.52. The number of nitrogens with one attached hydrogen (secondary N) is 2. The van der Waals surface area contributed by atoms with Crippen molar-refractivity contribution in [2.75, 3.05) is 5.32 Å². The number of fused-ring (bicyclic) bond motifs is 1. The van der Waals surface area contributed by atoms with Crippen molar-refractivity contribution in [2.24, 2.45) is 5.41 Å². The summed E-state index contributed by atoms with van der Waals surface area (Å²) in [5.74, 6) is 0.0880. The normalized spacial score (nSPS) is 18.3. The van der Waals surface area contributed by atoms with Gasteiger partial charge < -0.3 is 10.6 Å². The van der Waals surface area contributed by atoms with Crippen molar-refractivity contribution in [1.29, 1.82) is 0 Å². The summed E-state index contributed by atoms with van der Waals surface area (Å²) in [7, 11) is 0. The number of ketones is 1. The van der Waals surface area contributed by atoms with Crippen LogP contribution < -0.4 is 10.6 Å². The van der Waals surface area contributed by atoms with Gasteiger partial charge in [0.1, 0.15) is 4.99 Å². The first kappa shape index (κ1) is 21.1. The summed E-state index contributed by atoms with van der Waals surface area (Å²) in [6.07, 6.45) is 3.21. The summed E-state index contributed by atoms with van der Waals surface area (Å²) in [6.45, 7) is 6.27. The Morgan fingerprint density at radius 3 is 2.40 bits per heavy atom. The number of halogens is 1. The van der Waals surface area contributed by atoms with E-state index in [0.29, 0.717) is 22.0 Å². The van der Waals surface area contributed by atoms with Crippen LogP contribution in [-0.2, 0) is 17.6 Å². The molecule has 0 fully saturated rings. The second-order valence-electron chi connectivity index (χ2n) is 9.25. The van der Waals surface area contributed by atoms with E-state index in [1.807, 2.05) is 25.1 Å². The van der Waals surface area contributed by atoms with Crippen LogP contribution in [0.1, 0.15) is 43.4 Å². The van der Waals surface area contributed by atoms with Gasteiger partial charge in [0.2, 0.25) is 0 Å². The molecule has 2 N–H and O–H groups in total. The lowest BCUT2D eigenvalue weighted by Gasteiger charge is -2.34. The van der Waals surface area contributed by atoms with E-state index in [1.165, 1.54) is 11.1 Å². The highest BCUT2D eigenvalue weighted by Gasteiger charge is 2.36. The smallest absolute Gasteiger partial charge is 0.168 e. The second kappa shape index (κ2) is 8.16. The molecule has 156 valence electrons. The molecule has 0 aliphatic heterocycles. The van der Waals surface area contributed by atoms with Crippen LogP contribution in [0.15, 0.2) is 53.7 Å². The van der Waals surface area contributed by atoms with Crippen molar-refractivity contribution < 1.29 is 4.79 Å². The first-order valence-corrected chi connectivity index (χ1v) is 11.2. The zero-order valence-electron chi connectivity index (χ0n) is 17.6. The van der Waals surface area contributed by atoms with Crippen LogP contribution in [0, 0.1) is 12.3 Å². The number of Topliss-reactive ketones (excluding diaryl/α,β-unsaturated/α-hetero) is 1. The van der Waals surface area contributed by atoms with E-state index < -0.39 is 0 Å². The van der Waals surface area contributed by atoms with Gasteiger partial charge in [-0.05, 0) is 60.4 Å². The minimum atomic E-state index is -0.0918. The van der Waals surface area contributed by atoms with Crippen molar-refractivity contribution in [2.45, 2.75) is 52.5 Å². The molecular weight excluding hydrogens is 412 g/mol. The SMILES string of the molecule is Cc1ccc(NC(=S)C2=C(NC3Cc4ccccc4C3)CC(C)(C)CC2=O)c(Cl)c1. The predicted octanol–water partition coefficient (Wildman–Crippen LogP) is 5.79. The monoisotopic (exact) mass is 438 g/mol. The van der Waals surface area contributed by atoms with Crippen LogP contribution in [0.2, 0.25) is 5.02 Å². The van der Waals surface area contributed by atoms with Gasteiger partial charge in [0.15, 0.2) is 5.78 Å². The summed E-state index contributed by atoms with van der Waals surface area (Å²) in [4.78, 5) is 13.6. The largest absolute Gasteiger partial charge is 0.384 e. The Hall–Kier alpha value is -2.17.